The minimum absolute atomic E-state index is 0.854. The number of hydrogen-bond donors (Lipinski definition) is 1. The molecule has 0 aliphatic heterocycles. The predicted molar refractivity (Wildman–Crippen MR) is 59.6 cm³/mol. The number of terminal acetylenes is 1. The van der Waals surface area contributed by atoms with Gasteiger partial charge in [0.2, 0.25) is 0 Å². The maximum Gasteiger partial charge on any atom is 0.00865 e. The van der Waals surface area contributed by atoms with Gasteiger partial charge in [0.1, 0.15) is 0 Å². The zero-order valence-electron chi connectivity index (χ0n) is 9.10. The van der Waals surface area contributed by atoms with Crippen molar-refractivity contribution in [2.45, 2.75) is 46.0 Å². The lowest BCUT2D eigenvalue weighted by atomic mass is 10.0. The lowest BCUT2D eigenvalue weighted by Crippen LogP contribution is -2.23. The Bertz CT molecular complexity index is 131. The maximum atomic E-state index is 5.16. The molecule has 1 N–H and O–H groups in total. The Hall–Kier alpha value is -0.480. The number of hydrogen-bond acceptors (Lipinski definition) is 1. The van der Waals surface area contributed by atoms with Gasteiger partial charge in [-0.3, -0.25) is 0 Å². The number of unbranched alkanes of at least 4 members (excludes halogenated alkanes) is 2. The van der Waals surface area contributed by atoms with Crippen molar-refractivity contribution in [3.63, 3.8) is 0 Å². The molecule has 0 aliphatic carbocycles. The average molecular weight is 181 g/mol. The average Bonchev–Trinajstić information content (AvgIpc) is 2.17. The molecule has 0 rings (SSSR count). The second-order valence-electron chi connectivity index (χ2n) is 3.55. The lowest BCUT2D eigenvalue weighted by molar-refractivity contribution is 0.446. The van der Waals surface area contributed by atoms with Gasteiger partial charge in [0, 0.05) is 6.42 Å². The Morgan fingerprint density at radius 1 is 1.23 bits per heavy atom. The normalized spacial score (nSPS) is 10.3. The third kappa shape index (κ3) is 7.87. The predicted octanol–water partition coefficient (Wildman–Crippen LogP) is 2.82. The Morgan fingerprint density at radius 3 is 2.46 bits per heavy atom. The highest BCUT2D eigenvalue weighted by Gasteiger charge is 2.00. The van der Waals surface area contributed by atoms with Crippen LogP contribution in [0.5, 0.6) is 0 Å². The Labute approximate surface area is 83.3 Å². The number of nitrogens with one attached hydrogen (secondary N) is 1. The van der Waals surface area contributed by atoms with Crippen LogP contribution in [0.1, 0.15) is 46.0 Å². The van der Waals surface area contributed by atoms with Gasteiger partial charge in [-0.05, 0) is 31.8 Å². The van der Waals surface area contributed by atoms with Crippen LogP contribution in [0.4, 0.5) is 0 Å². The summed E-state index contributed by atoms with van der Waals surface area (Å²) in [6, 6.07) is 0. The molecule has 0 saturated heterocycles. The van der Waals surface area contributed by atoms with Crippen molar-refractivity contribution >= 4 is 0 Å². The zero-order valence-corrected chi connectivity index (χ0v) is 9.10. The quantitative estimate of drug-likeness (QED) is 0.448. The van der Waals surface area contributed by atoms with Crippen LogP contribution in [0.2, 0.25) is 0 Å². The van der Waals surface area contributed by atoms with Gasteiger partial charge < -0.3 is 5.32 Å². The third-order valence-corrected chi connectivity index (χ3v) is 2.51. The van der Waals surface area contributed by atoms with Crippen LogP contribution in [0.3, 0.4) is 0 Å². The molecule has 1 nitrogen and oxygen atoms in total. The maximum absolute atomic E-state index is 5.16. The van der Waals surface area contributed by atoms with Gasteiger partial charge in [0.15, 0.2) is 0 Å². The first-order valence-corrected chi connectivity index (χ1v) is 5.49. The Balaban J connectivity index is 3.11. The summed E-state index contributed by atoms with van der Waals surface area (Å²) in [7, 11) is 0. The van der Waals surface area contributed by atoms with E-state index in [2.05, 4.69) is 25.1 Å². The van der Waals surface area contributed by atoms with Crippen molar-refractivity contribution in [3.05, 3.63) is 0 Å². The van der Waals surface area contributed by atoms with Crippen molar-refractivity contribution in [1.29, 1.82) is 0 Å². The van der Waals surface area contributed by atoms with Crippen LogP contribution in [0, 0.1) is 18.3 Å². The van der Waals surface area contributed by atoms with E-state index in [4.69, 9.17) is 6.42 Å². The summed E-state index contributed by atoms with van der Waals surface area (Å²) >= 11 is 0. The van der Waals surface area contributed by atoms with Gasteiger partial charge in [-0.15, -0.1) is 12.3 Å². The molecule has 76 valence electrons. The molecule has 13 heavy (non-hydrogen) atoms. The highest BCUT2D eigenvalue weighted by Crippen LogP contribution is 2.04. The van der Waals surface area contributed by atoms with Crippen LogP contribution < -0.4 is 5.32 Å². The van der Waals surface area contributed by atoms with Crippen molar-refractivity contribution in [2.24, 2.45) is 5.92 Å². The van der Waals surface area contributed by atoms with Crippen LogP contribution >= 0.6 is 0 Å². The van der Waals surface area contributed by atoms with E-state index in [1.165, 1.54) is 25.8 Å². The van der Waals surface area contributed by atoms with Crippen molar-refractivity contribution in [3.8, 4) is 12.3 Å². The minimum atomic E-state index is 0.854. The van der Waals surface area contributed by atoms with E-state index in [1.807, 2.05) is 0 Å². The second kappa shape index (κ2) is 9.61. The minimum Gasteiger partial charge on any atom is -0.316 e. The topological polar surface area (TPSA) is 12.0 Å². The van der Waals surface area contributed by atoms with E-state index in [1.54, 1.807) is 0 Å². The summed E-state index contributed by atoms with van der Waals surface area (Å²) in [5.74, 6) is 3.52. The molecule has 0 spiro atoms. The van der Waals surface area contributed by atoms with E-state index >= 15 is 0 Å². The van der Waals surface area contributed by atoms with E-state index in [0.717, 1.165) is 25.3 Å². The van der Waals surface area contributed by atoms with E-state index in [-0.39, 0.29) is 0 Å². The molecule has 0 radical (unpaired) electrons. The van der Waals surface area contributed by atoms with Gasteiger partial charge in [-0.1, -0.05) is 26.7 Å². The van der Waals surface area contributed by atoms with Crippen molar-refractivity contribution in [1.82, 2.24) is 5.32 Å². The molecule has 0 amide bonds. The molecule has 0 unspecified atom stereocenters. The summed E-state index contributed by atoms with van der Waals surface area (Å²) in [5, 5.41) is 3.48. The van der Waals surface area contributed by atoms with E-state index < -0.39 is 0 Å². The summed E-state index contributed by atoms with van der Waals surface area (Å²) in [6.07, 6.45) is 11.0. The first kappa shape index (κ1) is 12.5. The highest BCUT2D eigenvalue weighted by molar-refractivity contribution is 4.82. The standard InChI is InChI=1S/C12H23N/c1-4-7-8-9-10-13-11-12(5-2)6-3/h1,12-13H,5-11H2,2-3H3. The summed E-state index contributed by atoms with van der Waals surface area (Å²) in [6.45, 7) is 6.81. The monoisotopic (exact) mass is 181 g/mol. The Morgan fingerprint density at radius 2 is 1.92 bits per heavy atom. The summed E-state index contributed by atoms with van der Waals surface area (Å²) in [5.41, 5.74) is 0. The van der Waals surface area contributed by atoms with Crippen LogP contribution in [-0.4, -0.2) is 13.1 Å². The molecular formula is C12H23N. The van der Waals surface area contributed by atoms with Crippen LogP contribution in [-0.2, 0) is 0 Å². The number of rotatable bonds is 8. The molecule has 0 heterocycles. The SMILES string of the molecule is C#CCCCCNCC(CC)CC. The highest BCUT2D eigenvalue weighted by atomic mass is 14.8. The van der Waals surface area contributed by atoms with E-state index in [9.17, 15) is 0 Å². The van der Waals surface area contributed by atoms with Gasteiger partial charge in [0.05, 0.1) is 0 Å². The van der Waals surface area contributed by atoms with Gasteiger partial charge in [-0.2, -0.15) is 0 Å². The fourth-order valence-electron chi connectivity index (χ4n) is 1.36. The van der Waals surface area contributed by atoms with E-state index in [0.29, 0.717) is 0 Å². The molecule has 1 heteroatoms. The zero-order chi connectivity index (χ0) is 9.94. The molecule has 0 aliphatic rings. The molecule has 0 aromatic carbocycles. The second-order valence-corrected chi connectivity index (χ2v) is 3.55. The third-order valence-electron chi connectivity index (χ3n) is 2.51. The van der Waals surface area contributed by atoms with Gasteiger partial charge in [-0.25, -0.2) is 0 Å². The van der Waals surface area contributed by atoms with Crippen LogP contribution in [0.25, 0.3) is 0 Å². The fourth-order valence-corrected chi connectivity index (χ4v) is 1.36. The molecule has 0 atom stereocenters. The molecule has 0 aromatic rings. The molecule has 0 aromatic heterocycles. The van der Waals surface area contributed by atoms with Gasteiger partial charge >= 0.3 is 0 Å². The van der Waals surface area contributed by atoms with Gasteiger partial charge in [0.25, 0.3) is 0 Å². The summed E-state index contributed by atoms with van der Waals surface area (Å²) < 4.78 is 0. The first-order chi connectivity index (χ1) is 6.35. The molecule has 0 saturated carbocycles. The molecule has 0 fully saturated rings. The van der Waals surface area contributed by atoms with Crippen LogP contribution in [0.15, 0.2) is 0 Å². The first-order valence-electron chi connectivity index (χ1n) is 5.49. The van der Waals surface area contributed by atoms with Crippen molar-refractivity contribution in [2.75, 3.05) is 13.1 Å². The fraction of sp³-hybridized carbons (Fsp3) is 0.833. The molecular weight excluding hydrogens is 158 g/mol. The van der Waals surface area contributed by atoms with Crippen molar-refractivity contribution < 1.29 is 0 Å². The smallest absolute Gasteiger partial charge is 0.00865 e. The lowest BCUT2D eigenvalue weighted by Gasteiger charge is -2.12. The summed E-state index contributed by atoms with van der Waals surface area (Å²) in [4.78, 5) is 0. The largest absolute Gasteiger partial charge is 0.316 e. The molecule has 0 bridgehead atoms. The Kier molecular flexibility index (Phi) is 9.25.